The van der Waals surface area contributed by atoms with Crippen molar-refractivity contribution in [3.63, 3.8) is 0 Å². The molecule has 1 heterocycles. The van der Waals surface area contributed by atoms with Gasteiger partial charge >= 0.3 is 0 Å². The molecule has 0 aliphatic rings. The highest BCUT2D eigenvalue weighted by Gasteiger charge is 2.10. The zero-order valence-electron chi connectivity index (χ0n) is 11.5. The van der Waals surface area contributed by atoms with Gasteiger partial charge in [0.2, 0.25) is 11.1 Å². The van der Waals surface area contributed by atoms with E-state index in [0.717, 1.165) is 0 Å². The van der Waals surface area contributed by atoms with E-state index < -0.39 is 0 Å². The number of aryl methyl sites for hydroxylation is 1. The van der Waals surface area contributed by atoms with Crippen molar-refractivity contribution in [1.82, 2.24) is 25.5 Å². The third kappa shape index (κ3) is 4.06. The third-order valence-electron chi connectivity index (χ3n) is 2.89. The molecule has 0 radical (unpaired) electrons. The second-order valence-electron chi connectivity index (χ2n) is 4.49. The standard InChI is InChI=1S/C13H17N5OS/c1-10(11-6-4-3-5-7-11)8-14-12(19)9-20-13-15-16-17-18(13)2/h3-7,10H,8-9H2,1-2H3,(H,14,19)/t10-/m1/s1. The summed E-state index contributed by atoms with van der Waals surface area (Å²) in [6.07, 6.45) is 0. The van der Waals surface area contributed by atoms with Crippen molar-refractivity contribution in [1.29, 1.82) is 0 Å². The van der Waals surface area contributed by atoms with Crippen molar-refractivity contribution in [2.45, 2.75) is 18.0 Å². The van der Waals surface area contributed by atoms with Crippen molar-refractivity contribution in [3.05, 3.63) is 35.9 Å². The van der Waals surface area contributed by atoms with Gasteiger partial charge in [-0.05, 0) is 21.9 Å². The third-order valence-corrected chi connectivity index (χ3v) is 3.90. The van der Waals surface area contributed by atoms with E-state index in [2.05, 4.69) is 39.9 Å². The maximum absolute atomic E-state index is 11.8. The SMILES string of the molecule is C[C@H](CNC(=O)CSc1nnnn1C)c1ccccc1. The van der Waals surface area contributed by atoms with Crippen LogP contribution >= 0.6 is 11.8 Å². The predicted octanol–water partition coefficient (Wildman–Crippen LogP) is 1.22. The number of carbonyl (C=O) groups excluding carboxylic acids is 1. The number of carbonyl (C=O) groups is 1. The van der Waals surface area contributed by atoms with Crippen LogP contribution in [0.15, 0.2) is 35.5 Å². The number of nitrogens with zero attached hydrogens (tertiary/aromatic N) is 4. The summed E-state index contributed by atoms with van der Waals surface area (Å²) in [7, 11) is 1.75. The summed E-state index contributed by atoms with van der Waals surface area (Å²) >= 11 is 1.32. The van der Waals surface area contributed by atoms with Crippen LogP contribution in [0.2, 0.25) is 0 Å². The average molecular weight is 291 g/mol. The van der Waals surface area contributed by atoms with Crippen LogP contribution in [0.4, 0.5) is 0 Å². The van der Waals surface area contributed by atoms with Gasteiger partial charge in [-0.15, -0.1) is 5.10 Å². The van der Waals surface area contributed by atoms with Crippen molar-refractivity contribution < 1.29 is 4.79 Å². The van der Waals surface area contributed by atoms with Crippen molar-refractivity contribution >= 4 is 17.7 Å². The summed E-state index contributed by atoms with van der Waals surface area (Å²) in [5, 5.41) is 14.6. The number of thioether (sulfide) groups is 1. The van der Waals surface area contributed by atoms with Gasteiger partial charge < -0.3 is 5.32 Å². The molecule has 0 unspecified atom stereocenters. The smallest absolute Gasteiger partial charge is 0.230 e. The van der Waals surface area contributed by atoms with Crippen LogP contribution in [-0.4, -0.2) is 38.4 Å². The predicted molar refractivity (Wildman–Crippen MR) is 77.4 cm³/mol. The zero-order chi connectivity index (χ0) is 14.4. The monoisotopic (exact) mass is 291 g/mol. The molecule has 0 saturated heterocycles. The first-order valence-corrected chi connectivity index (χ1v) is 7.32. The second-order valence-corrected chi connectivity index (χ2v) is 5.43. The van der Waals surface area contributed by atoms with E-state index in [1.165, 1.54) is 17.3 Å². The molecule has 7 heteroatoms. The van der Waals surface area contributed by atoms with Gasteiger partial charge in [-0.1, -0.05) is 49.0 Å². The summed E-state index contributed by atoms with van der Waals surface area (Å²) in [5.41, 5.74) is 1.22. The molecule has 1 aromatic heterocycles. The maximum Gasteiger partial charge on any atom is 0.230 e. The number of aromatic nitrogens is 4. The van der Waals surface area contributed by atoms with Gasteiger partial charge in [-0.25, -0.2) is 4.68 Å². The number of amides is 1. The van der Waals surface area contributed by atoms with Crippen LogP contribution < -0.4 is 5.32 Å². The zero-order valence-corrected chi connectivity index (χ0v) is 12.3. The van der Waals surface area contributed by atoms with Crippen molar-refractivity contribution in [2.24, 2.45) is 7.05 Å². The minimum Gasteiger partial charge on any atom is -0.355 e. The molecule has 1 aromatic carbocycles. The fourth-order valence-electron chi connectivity index (χ4n) is 1.69. The van der Waals surface area contributed by atoms with Crippen molar-refractivity contribution in [2.75, 3.05) is 12.3 Å². The lowest BCUT2D eigenvalue weighted by atomic mass is 10.0. The molecule has 2 rings (SSSR count). The molecular weight excluding hydrogens is 274 g/mol. The minimum absolute atomic E-state index is 0.0132. The Morgan fingerprint density at radius 1 is 1.40 bits per heavy atom. The molecular formula is C13H17N5OS. The van der Waals surface area contributed by atoms with E-state index in [1.807, 2.05) is 18.2 Å². The van der Waals surface area contributed by atoms with Crippen LogP contribution in [-0.2, 0) is 11.8 Å². The lowest BCUT2D eigenvalue weighted by Gasteiger charge is -2.12. The van der Waals surface area contributed by atoms with E-state index in [1.54, 1.807) is 11.7 Å². The summed E-state index contributed by atoms with van der Waals surface area (Å²) in [6.45, 7) is 2.72. The first-order valence-electron chi connectivity index (χ1n) is 6.33. The van der Waals surface area contributed by atoms with Gasteiger partial charge in [0.25, 0.3) is 0 Å². The van der Waals surface area contributed by atoms with E-state index >= 15 is 0 Å². The van der Waals surface area contributed by atoms with Gasteiger partial charge in [0.05, 0.1) is 5.75 Å². The van der Waals surface area contributed by atoms with Crippen LogP contribution in [0.1, 0.15) is 18.4 Å². The van der Waals surface area contributed by atoms with Gasteiger partial charge in [0.1, 0.15) is 0 Å². The van der Waals surface area contributed by atoms with Crippen LogP contribution in [0.25, 0.3) is 0 Å². The summed E-state index contributed by atoms with van der Waals surface area (Å²) < 4.78 is 1.55. The van der Waals surface area contributed by atoms with Crippen LogP contribution in [0.3, 0.4) is 0 Å². The Morgan fingerprint density at radius 3 is 2.80 bits per heavy atom. The molecule has 1 N–H and O–H groups in total. The van der Waals surface area contributed by atoms with Crippen LogP contribution in [0.5, 0.6) is 0 Å². The van der Waals surface area contributed by atoms with Gasteiger partial charge in [-0.2, -0.15) is 0 Å². The van der Waals surface area contributed by atoms with E-state index in [9.17, 15) is 4.79 Å². The Balaban J connectivity index is 1.74. The first-order chi connectivity index (χ1) is 9.66. The molecule has 0 aliphatic heterocycles. The van der Waals surface area contributed by atoms with E-state index in [4.69, 9.17) is 0 Å². The molecule has 0 fully saturated rings. The lowest BCUT2D eigenvalue weighted by Crippen LogP contribution is -2.29. The molecule has 6 nitrogen and oxygen atoms in total. The fraction of sp³-hybridized carbons (Fsp3) is 0.385. The molecule has 0 spiro atoms. The van der Waals surface area contributed by atoms with Crippen LogP contribution in [0, 0.1) is 0 Å². The molecule has 1 amide bonds. The number of hydrogen-bond acceptors (Lipinski definition) is 5. The molecule has 0 aliphatic carbocycles. The summed E-state index contributed by atoms with van der Waals surface area (Å²) in [6, 6.07) is 10.1. The maximum atomic E-state index is 11.8. The van der Waals surface area contributed by atoms with Gasteiger partial charge in [-0.3, -0.25) is 4.79 Å². The van der Waals surface area contributed by atoms with E-state index in [-0.39, 0.29) is 5.91 Å². The minimum atomic E-state index is -0.0132. The van der Waals surface area contributed by atoms with E-state index in [0.29, 0.717) is 23.4 Å². The number of nitrogens with one attached hydrogen (secondary N) is 1. The quantitative estimate of drug-likeness (QED) is 0.810. The highest BCUT2D eigenvalue weighted by molar-refractivity contribution is 7.99. The number of rotatable bonds is 6. The highest BCUT2D eigenvalue weighted by Crippen LogP contribution is 2.14. The molecule has 20 heavy (non-hydrogen) atoms. The largest absolute Gasteiger partial charge is 0.355 e. The number of benzene rings is 1. The normalized spacial score (nSPS) is 12.1. The highest BCUT2D eigenvalue weighted by atomic mass is 32.2. The first kappa shape index (κ1) is 14.5. The Kier molecular flexibility index (Phi) is 5.11. The topological polar surface area (TPSA) is 72.7 Å². The Bertz CT molecular complexity index is 557. The van der Waals surface area contributed by atoms with Gasteiger partial charge in [0.15, 0.2) is 0 Å². The number of tetrazole rings is 1. The molecule has 0 saturated carbocycles. The summed E-state index contributed by atoms with van der Waals surface area (Å²) in [5.74, 6) is 0.595. The summed E-state index contributed by atoms with van der Waals surface area (Å²) in [4.78, 5) is 11.8. The Hall–Kier alpha value is -1.89. The molecule has 2 aromatic rings. The molecule has 0 bridgehead atoms. The van der Waals surface area contributed by atoms with Crippen molar-refractivity contribution in [3.8, 4) is 0 Å². The second kappa shape index (κ2) is 7.04. The Labute approximate surface area is 121 Å². The fourth-order valence-corrected chi connectivity index (χ4v) is 2.37. The number of hydrogen-bond donors (Lipinski definition) is 1. The van der Waals surface area contributed by atoms with Gasteiger partial charge in [0, 0.05) is 13.6 Å². The Morgan fingerprint density at radius 2 is 2.15 bits per heavy atom. The molecule has 1 atom stereocenters. The molecule has 106 valence electrons. The average Bonchev–Trinajstić information content (AvgIpc) is 2.89. The lowest BCUT2D eigenvalue weighted by molar-refractivity contribution is -0.118.